The van der Waals surface area contributed by atoms with Crippen LogP contribution >= 0.6 is 0 Å². The summed E-state index contributed by atoms with van der Waals surface area (Å²) < 4.78 is 6.78. The van der Waals surface area contributed by atoms with E-state index in [0.29, 0.717) is 5.56 Å². The van der Waals surface area contributed by atoms with Gasteiger partial charge in [0.15, 0.2) is 0 Å². The lowest BCUT2D eigenvalue weighted by atomic mass is 10.1. The molecule has 1 aromatic carbocycles. The first-order valence-electron chi connectivity index (χ1n) is 7.88. The molecule has 0 saturated carbocycles. The van der Waals surface area contributed by atoms with E-state index in [1.807, 2.05) is 0 Å². The molecule has 10 heteroatoms. The van der Waals surface area contributed by atoms with Gasteiger partial charge < -0.3 is 15.2 Å². The van der Waals surface area contributed by atoms with E-state index in [0.717, 1.165) is 0 Å². The van der Waals surface area contributed by atoms with Gasteiger partial charge in [-0.15, -0.1) is 0 Å². The van der Waals surface area contributed by atoms with Gasteiger partial charge in [0.05, 0.1) is 18.8 Å². The molecule has 1 aliphatic rings. The molecule has 10 nitrogen and oxygen atoms in total. The lowest BCUT2D eigenvalue weighted by Gasteiger charge is -2.15. The van der Waals surface area contributed by atoms with Crippen LogP contribution in [0.25, 0.3) is 10.4 Å². The number of aromatic nitrogens is 2. The van der Waals surface area contributed by atoms with Gasteiger partial charge in [0.1, 0.15) is 12.0 Å². The van der Waals surface area contributed by atoms with Crippen molar-refractivity contribution in [1.82, 2.24) is 9.55 Å². The summed E-state index contributed by atoms with van der Waals surface area (Å²) in [6, 6.07) is 9.45. The van der Waals surface area contributed by atoms with Crippen molar-refractivity contribution < 1.29 is 14.6 Å². The second-order valence-electron chi connectivity index (χ2n) is 5.64. The normalized spacial score (nSPS) is 21.8. The standard InChI is InChI=1S/C16H16N6O4/c17-21-20-11-8-14(26-12(11)9-23)22-7-6-13(19-16(22)25)18-15(24)10-4-2-1-3-5-10/h1-7,11-12,14,23H,8-9H2,(H,18,19,24,25)/t11-,12+,14+/m0/s1. The third-order valence-corrected chi connectivity index (χ3v) is 4.00. The van der Waals surface area contributed by atoms with Crippen LogP contribution in [0.4, 0.5) is 5.82 Å². The van der Waals surface area contributed by atoms with E-state index in [9.17, 15) is 14.7 Å². The summed E-state index contributed by atoms with van der Waals surface area (Å²) >= 11 is 0. The number of carbonyl (C=O) groups excluding carboxylic acids is 1. The van der Waals surface area contributed by atoms with Gasteiger partial charge in [-0.25, -0.2) is 4.79 Å². The molecule has 1 aromatic heterocycles. The zero-order valence-electron chi connectivity index (χ0n) is 13.6. The van der Waals surface area contributed by atoms with E-state index < -0.39 is 24.1 Å². The highest BCUT2D eigenvalue weighted by atomic mass is 16.5. The Morgan fingerprint density at radius 3 is 2.85 bits per heavy atom. The number of nitrogens with zero attached hydrogens (tertiary/aromatic N) is 5. The second-order valence-corrected chi connectivity index (χ2v) is 5.64. The van der Waals surface area contributed by atoms with Crippen LogP contribution in [-0.4, -0.2) is 39.3 Å². The molecule has 0 unspecified atom stereocenters. The van der Waals surface area contributed by atoms with E-state index in [4.69, 9.17) is 10.3 Å². The van der Waals surface area contributed by atoms with E-state index in [1.165, 1.54) is 16.8 Å². The Labute approximate surface area is 147 Å². The van der Waals surface area contributed by atoms with Crippen LogP contribution in [-0.2, 0) is 4.74 Å². The van der Waals surface area contributed by atoms with Crippen LogP contribution in [0.2, 0.25) is 0 Å². The molecule has 0 radical (unpaired) electrons. The fraction of sp³-hybridized carbons (Fsp3) is 0.312. The lowest BCUT2D eigenvalue weighted by Crippen LogP contribution is -2.28. The molecule has 1 saturated heterocycles. The summed E-state index contributed by atoms with van der Waals surface area (Å²) in [4.78, 5) is 30.9. The molecular formula is C16H16N6O4. The number of aliphatic hydroxyl groups excluding tert-OH is 1. The number of amides is 1. The maximum atomic E-state index is 12.3. The minimum Gasteiger partial charge on any atom is -0.394 e. The van der Waals surface area contributed by atoms with Gasteiger partial charge in [0, 0.05) is 23.1 Å². The molecule has 2 heterocycles. The van der Waals surface area contributed by atoms with Crippen LogP contribution in [0.1, 0.15) is 23.0 Å². The molecule has 0 spiro atoms. The topological polar surface area (TPSA) is 142 Å². The highest BCUT2D eigenvalue weighted by Crippen LogP contribution is 2.29. The molecule has 134 valence electrons. The Kier molecular flexibility index (Phi) is 5.28. The van der Waals surface area contributed by atoms with Crippen molar-refractivity contribution in [3.8, 4) is 0 Å². The number of nitrogens with one attached hydrogen (secondary N) is 1. The quantitative estimate of drug-likeness (QED) is 0.473. The van der Waals surface area contributed by atoms with Gasteiger partial charge in [-0.3, -0.25) is 9.36 Å². The third-order valence-electron chi connectivity index (χ3n) is 4.00. The lowest BCUT2D eigenvalue weighted by molar-refractivity contribution is -0.0269. The van der Waals surface area contributed by atoms with Crippen LogP contribution in [0.5, 0.6) is 0 Å². The molecule has 2 N–H and O–H groups in total. The van der Waals surface area contributed by atoms with Gasteiger partial charge in [0.2, 0.25) is 0 Å². The fourth-order valence-corrected chi connectivity index (χ4v) is 2.72. The number of carbonyl (C=O) groups is 1. The SMILES string of the molecule is [N-]=[N+]=N[C@H]1C[C@H](n2ccc(NC(=O)c3ccccc3)nc2=O)O[C@@H]1CO. The van der Waals surface area contributed by atoms with Gasteiger partial charge >= 0.3 is 5.69 Å². The molecule has 1 amide bonds. The van der Waals surface area contributed by atoms with E-state index in [2.05, 4.69) is 20.3 Å². The number of rotatable bonds is 5. The molecule has 0 bridgehead atoms. The maximum absolute atomic E-state index is 12.3. The smallest absolute Gasteiger partial charge is 0.351 e. The largest absolute Gasteiger partial charge is 0.394 e. The van der Waals surface area contributed by atoms with Gasteiger partial charge in [-0.1, -0.05) is 23.3 Å². The number of hydrogen-bond donors (Lipinski definition) is 2. The number of aliphatic hydroxyl groups is 1. The zero-order valence-corrected chi connectivity index (χ0v) is 13.6. The second kappa shape index (κ2) is 7.79. The highest BCUT2D eigenvalue weighted by molar-refractivity contribution is 6.03. The minimum absolute atomic E-state index is 0.114. The molecule has 2 aromatic rings. The summed E-state index contributed by atoms with van der Waals surface area (Å²) in [5.74, 6) is -0.264. The molecule has 0 aliphatic carbocycles. The van der Waals surface area contributed by atoms with Crippen molar-refractivity contribution >= 4 is 11.7 Å². The zero-order chi connectivity index (χ0) is 18.5. The fourth-order valence-electron chi connectivity index (χ4n) is 2.72. The van der Waals surface area contributed by atoms with Crippen molar-refractivity contribution in [3.05, 3.63) is 69.1 Å². The summed E-state index contributed by atoms with van der Waals surface area (Å²) in [5.41, 5.74) is 8.38. The minimum atomic E-state index is -0.707. The number of benzene rings is 1. The van der Waals surface area contributed by atoms with Crippen molar-refractivity contribution in [3.63, 3.8) is 0 Å². The summed E-state index contributed by atoms with van der Waals surface area (Å²) in [7, 11) is 0. The third kappa shape index (κ3) is 3.72. The molecule has 1 aliphatic heterocycles. The van der Waals surface area contributed by atoms with E-state index in [1.54, 1.807) is 30.3 Å². The van der Waals surface area contributed by atoms with E-state index >= 15 is 0 Å². The Balaban J connectivity index is 1.75. The average molecular weight is 356 g/mol. The molecule has 26 heavy (non-hydrogen) atoms. The Morgan fingerprint density at radius 2 is 2.19 bits per heavy atom. The molecular weight excluding hydrogens is 340 g/mol. The highest BCUT2D eigenvalue weighted by Gasteiger charge is 2.35. The average Bonchev–Trinajstić information content (AvgIpc) is 3.05. The van der Waals surface area contributed by atoms with Crippen molar-refractivity contribution in [2.45, 2.75) is 24.8 Å². The van der Waals surface area contributed by atoms with E-state index in [-0.39, 0.29) is 24.8 Å². The Morgan fingerprint density at radius 1 is 1.42 bits per heavy atom. The van der Waals surface area contributed by atoms with Crippen LogP contribution in [0, 0.1) is 0 Å². The number of hydrogen-bond acceptors (Lipinski definition) is 6. The number of anilines is 1. The number of ether oxygens (including phenoxy) is 1. The predicted octanol–water partition coefficient (Wildman–Crippen LogP) is 1.45. The molecule has 3 atom stereocenters. The van der Waals surface area contributed by atoms with Gasteiger partial charge in [-0.05, 0) is 23.7 Å². The summed E-state index contributed by atoms with van der Waals surface area (Å²) in [6.45, 7) is -0.326. The Hall–Kier alpha value is -3.20. The maximum Gasteiger partial charge on any atom is 0.351 e. The monoisotopic (exact) mass is 356 g/mol. The van der Waals surface area contributed by atoms with Crippen molar-refractivity contribution in [1.29, 1.82) is 0 Å². The summed E-state index contributed by atoms with van der Waals surface area (Å²) in [6.07, 6.45) is 0.293. The number of azide groups is 1. The van der Waals surface area contributed by atoms with Crippen LogP contribution < -0.4 is 11.0 Å². The van der Waals surface area contributed by atoms with Gasteiger partial charge in [0.25, 0.3) is 5.91 Å². The predicted molar refractivity (Wildman–Crippen MR) is 91.4 cm³/mol. The van der Waals surface area contributed by atoms with Gasteiger partial charge in [-0.2, -0.15) is 4.98 Å². The molecule has 3 rings (SSSR count). The summed E-state index contributed by atoms with van der Waals surface area (Å²) in [5, 5.41) is 15.4. The van der Waals surface area contributed by atoms with Crippen molar-refractivity contribution in [2.24, 2.45) is 5.11 Å². The van der Waals surface area contributed by atoms with Crippen molar-refractivity contribution in [2.75, 3.05) is 11.9 Å². The first-order chi connectivity index (χ1) is 12.6. The first-order valence-corrected chi connectivity index (χ1v) is 7.88. The first kappa shape index (κ1) is 17.6. The van der Waals surface area contributed by atoms with Crippen LogP contribution in [0.3, 0.4) is 0 Å². The molecule has 1 fully saturated rings. The Bertz CT molecular complexity index is 893. The van der Waals surface area contributed by atoms with Crippen LogP contribution in [0.15, 0.2) is 52.5 Å².